The molecule has 0 spiro atoms. The number of anilines is 1. The average molecular weight is 401 g/mol. The predicted octanol–water partition coefficient (Wildman–Crippen LogP) is 4.06. The molecule has 2 aromatic carbocycles. The molecule has 0 radical (unpaired) electrons. The molecule has 1 amide bonds. The summed E-state index contributed by atoms with van der Waals surface area (Å²) in [6, 6.07) is 7.44. The Labute approximate surface area is 154 Å². The predicted molar refractivity (Wildman–Crippen MR) is 90.8 cm³/mol. The van der Waals surface area contributed by atoms with Gasteiger partial charge in [-0.15, -0.1) is 11.3 Å². The molecule has 10 heteroatoms. The molecule has 27 heavy (non-hydrogen) atoms. The summed E-state index contributed by atoms with van der Waals surface area (Å²) in [6.45, 7) is -0.0701. The third-order valence-electron chi connectivity index (χ3n) is 3.63. The number of nitrogens with zero attached hydrogens (tertiary/aromatic N) is 2. The Morgan fingerprint density at radius 3 is 2.26 bits per heavy atom. The smallest absolute Gasteiger partial charge is 0.238 e. The van der Waals surface area contributed by atoms with E-state index in [-0.39, 0.29) is 13.1 Å². The lowest BCUT2D eigenvalue weighted by Gasteiger charge is -2.15. The van der Waals surface area contributed by atoms with Gasteiger partial charge in [-0.3, -0.25) is 9.69 Å². The highest BCUT2D eigenvalue weighted by Gasteiger charge is 2.27. The second-order valence-electron chi connectivity index (χ2n) is 5.74. The summed E-state index contributed by atoms with van der Waals surface area (Å²) in [7, 11) is 1.56. The van der Waals surface area contributed by atoms with Crippen molar-refractivity contribution in [2.45, 2.75) is 6.54 Å². The highest BCUT2D eigenvalue weighted by Crippen LogP contribution is 2.27. The zero-order valence-electron chi connectivity index (χ0n) is 13.8. The summed E-state index contributed by atoms with van der Waals surface area (Å²) in [5, 5.41) is 2.45. The van der Waals surface area contributed by atoms with Gasteiger partial charge in [0, 0.05) is 0 Å². The van der Waals surface area contributed by atoms with E-state index < -0.39 is 40.7 Å². The van der Waals surface area contributed by atoms with Gasteiger partial charge in [0.1, 0.15) is 10.7 Å². The van der Waals surface area contributed by atoms with Gasteiger partial charge in [0.05, 0.1) is 23.3 Å². The Balaban J connectivity index is 1.69. The highest BCUT2D eigenvalue weighted by molar-refractivity contribution is 7.18. The number of aromatic nitrogens is 1. The number of amides is 1. The first-order valence-corrected chi connectivity index (χ1v) is 8.44. The average Bonchev–Trinajstić information content (AvgIpc) is 3.03. The van der Waals surface area contributed by atoms with Crippen molar-refractivity contribution in [1.29, 1.82) is 0 Å². The summed E-state index contributed by atoms with van der Waals surface area (Å²) in [5.74, 6) is -11.6. The quantitative estimate of drug-likeness (QED) is 0.398. The Morgan fingerprint density at radius 2 is 1.63 bits per heavy atom. The van der Waals surface area contributed by atoms with Crippen molar-refractivity contribution in [3.63, 3.8) is 0 Å². The van der Waals surface area contributed by atoms with Gasteiger partial charge in [-0.25, -0.2) is 26.9 Å². The van der Waals surface area contributed by atoms with Gasteiger partial charge in [-0.05, 0) is 19.2 Å². The number of thiazole rings is 1. The Hall–Kier alpha value is -2.59. The Kier molecular flexibility index (Phi) is 5.38. The van der Waals surface area contributed by atoms with E-state index in [2.05, 4.69) is 4.98 Å². The maximum absolute atomic E-state index is 13.6. The van der Waals surface area contributed by atoms with Crippen LogP contribution in [0.15, 0.2) is 24.3 Å². The molecular formula is C17H12F5N3OS. The molecular weight excluding hydrogens is 389 g/mol. The number of carbonyl (C=O) groups excluding carboxylic acids is 1. The van der Waals surface area contributed by atoms with Crippen molar-refractivity contribution in [3.8, 4) is 0 Å². The van der Waals surface area contributed by atoms with Gasteiger partial charge in [-0.2, -0.15) is 0 Å². The fourth-order valence-electron chi connectivity index (χ4n) is 2.41. The molecule has 0 aliphatic rings. The normalized spacial score (nSPS) is 11.4. The van der Waals surface area contributed by atoms with E-state index in [0.717, 1.165) is 10.2 Å². The molecule has 0 saturated carbocycles. The molecule has 1 N–H and O–H groups in total. The molecule has 0 aliphatic heterocycles. The number of para-hydroxylation sites is 1. The third kappa shape index (κ3) is 3.91. The van der Waals surface area contributed by atoms with Gasteiger partial charge in [-0.1, -0.05) is 12.1 Å². The molecule has 0 unspecified atom stereocenters. The monoisotopic (exact) mass is 401 g/mol. The van der Waals surface area contributed by atoms with Crippen LogP contribution >= 0.6 is 11.3 Å². The van der Waals surface area contributed by atoms with Gasteiger partial charge in [0.15, 0.2) is 23.3 Å². The van der Waals surface area contributed by atoms with Crippen molar-refractivity contribution in [2.24, 2.45) is 0 Å². The number of nitrogens with one attached hydrogen (secondary N) is 1. The molecule has 0 bridgehead atoms. The molecule has 0 atom stereocenters. The Bertz CT molecular complexity index is 961. The maximum atomic E-state index is 13.6. The first kappa shape index (κ1) is 19.2. The van der Waals surface area contributed by atoms with E-state index in [1.807, 2.05) is 24.3 Å². The number of hydrogen-bond donors (Lipinski definition) is 1. The molecule has 4 nitrogen and oxygen atoms in total. The van der Waals surface area contributed by atoms with Crippen molar-refractivity contribution in [2.75, 3.05) is 18.9 Å². The number of benzene rings is 2. The zero-order chi connectivity index (χ0) is 19.7. The molecule has 0 aliphatic carbocycles. The van der Waals surface area contributed by atoms with Crippen LogP contribution in [0.1, 0.15) is 5.01 Å². The summed E-state index contributed by atoms with van der Waals surface area (Å²) in [6.07, 6.45) is 0. The van der Waals surface area contributed by atoms with Gasteiger partial charge >= 0.3 is 0 Å². The van der Waals surface area contributed by atoms with E-state index in [0.29, 0.717) is 5.01 Å². The lowest BCUT2D eigenvalue weighted by atomic mass is 10.2. The van der Waals surface area contributed by atoms with Crippen LogP contribution in [0.4, 0.5) is 27.6 Å². The second-order valence-corrected chi connectivity index (χ2v) is 6.86. The minimum atomic E-state index is -2.28. The lowest BCUT2D eigenvalue weighted by molar-refractivity contribution is -0.117. The van der Waals surface area contributed by atoms with Crippen molar-refractivity contribution >= 4 is 33.1 Å². The molecule has 0 saturated heterocycles. The standard InChI is InChI=1S/C17H12F5N3OS/c1-25(7-11-23-8-4-2-3-5-9(8)27-11)6-10(26)24-17-15(21)13(19)12(18)14(20)16(17)22/h2-5H,6-7H2,1H3,(H,24,26). The molecule has 142 valence electrons. The first-order valence-electron chi connectivity index (χ1n) is 7.62. The van der Waals surface area contributed by atoms with Gasteiger partial charge < -0.3 is 5.32 Å². The van der Waals surface area contributed by atoms with Crippen molar-refractivity contribution in [3.05, 3.63) is 58.4 Å². The van der Waals surface area contributed by atoms with Crippen LogP contribution < -0.4 is 5.32 Å². The summed E-state index contributed by atoms with van der Waals surface area (Å²) in [5.41, 5.74) is -0.568. The Morgan fingerprint density at radius 1 is 1.04 bits per heavy atom. The van der Waals surface area contributed by atoms with Crippen LogP contribution in [0.3, 0.4) is 0 Å². The zero-order valence-corrected chi connectivity index (χ0v) is 14.6. The molecule has 0 fully saturated rings. The number of fused-ring (bicyclic) bond motifs is 1. The molecule has 3 rings (SSSR count). The van der Waals surface area contributed by atoms with Crippen LogP contribution in [-0.4, -0.2) is 29.4 Å². The topological polar surface area (TPSA) is 45.2 Å². The van der Waals surface area contributed by atoms with E-state index in [4.69, 9.17) is 0 Å². The maximum Gasteiger partial charge on any atom is 0.238 e. The van der Waals surface area contributed by atoms with Crippen molar-refractivity contribution < 1.29 is 26.7 Å². The SMILES string of the molecule is CN(CC(=O)Nc1c(F)c(F)c(F)c(F)c1F)Cc1nc2ccccc2s1. The van der Waals surface area contributed by atoms with Crippen LogP contribution in [0.25, 0.3) is 10.2 Å². The fourth-order valence-corrected chi connectivity index (χ4v) is 3.46. The highest BCUT2D eigenvalue weighted by atomic mass is 32.1. The minimum Gasteiger partial charge on any atom is -0.320 e. The van der Waals surface area contributed by atoms with Crippen LogP contribution in [0.5, 0.6) is 0 Å². The minimum absolute atomic E-state index is 0.268. The van der Waals surface area contributed by atoms with Crippen LogP contribution in [0, 0.1) is 29.1 Å². The lowest BCUT2D eigenvalue weighted by Crippen LogP contribution is -2.30. The summed E-state index contributed by atoms with van der Waals surface area (Å²) < 4.78 is 67.6. The number of halogens is 5. The van der Waals surface area contributed by atoms with Crippen molar-refractivity contribution in [1.82, 2.24) is 9.88 Å². The van der Waals surface area contributed by atoms with Crippen LogP contribution in [-0.2, 0) is 11.3 Å². The van der Waals surface area contributed by atoms with Crippen LogP contribution in [0.2, 0.25) is 0 Å². The molecule has 1 heterocycles. The largest absolute Gasteiger partial charge is 0.320 e. The van der Waals surface area contributed by atoms with E-state index in [1.54, 1.807) is 12.4 Å². The summed E-state index contributed by atoms with van der Waals surface area (Å²) in [4.78, 5) is 17.8. The van der Waals surface area contributed by atoms with E-state index in [9.17, 15) is 26.7 Å². The molecule has 1 aromatic heterocycles. The van der Waals surface area contributed by atoms with E-state index >= 15 is 0 Å². The second kappa shape index (κ2) is 7.57. The van der Waals surface area contributed by atoms with Gasteiger partial charge in [0.2, 0.25) is 11.7 Å². The fraction of sp³-hybridized carbons (Fsp3) is 0.176. The van der Waals surface area contributed by atoms with E-state index in [1.165, 1.54) is 16.2 Å². The number of likely N-dealkylation sites (N-methyl/N-ethyl adjacent to an activating group) is 1. The number of rotatable bonds is 5. The summed E-state index contributed by atoms with van der Waals surface area (Å²) >= 11 is 1.42. The number of hydrogen-bond acceptors (Lipinski definition) is 4. The number of carbonyl (C=O) groups is 1. The third-order valence-corrected chi connectivity index (χ3v) is 4.65. The first-order chi connectivity index (χ1) is 12.8. The molecule has 3 aromatic rings. The van der Waals surface area contributed by atoms with Gasteiger partial charge in [0.25, 0.3) is 0 Å².